The van der Waals surface area contributed by atoms with E-state index in [9.17, 15) is 4.79 Å². The lowest BCUT2D eigenvalue weighted by molar-refractivity contribution is -0.118. The molecular weight excluding hydrogens is 260 g/mol. The second-order valence-electron chi connectivity index (χ2n) is 3.74. The van der Waals surface area contributed by atoms with Crippen LogP contribution in [0, 0.1) is 11.3 Å². The molecule has 0 atom stereocenters. The van der Waals surface area contributed by atoms with E-state index >= 15 is 0 Å². The number of amides is 1. The molecule has 0 aliphatic heterocycles. The van der Waals surface area contributed by atoms with Crippen molar-refractivity contribution in [2.75, 3.05) is 12.3 Å². The predicted molar refractivity (Wildman–Crippen MR) is 73.5 cm³/mol. The van der Waals surface area contributed by atoms with Crippen LogP contribution in [0.2, 0.25) is 0 Å². The number of carbonyl (C=O) groups excluding carboxylic acids is 1. The molecule has 1 aromatic carbocycles. The van der Waals surface area contributed by atoms with E-state index in [0.717, 1.165) is 15.9 Å². The molecule has 0 unspecified atom stereocenters. The molecule has 1 aromatic heterocycles. The summed E-state index contributed by atoms with van der Waals surface area (Å²) in [4.78, 5) is 19.9. The van der Waals surface area contributed by atoms with E-state index in [4.69, 9.17) is 5.26 Å². The molecular formula is C13H12N4OS. The molecule has 2 aromatic rings. The van der Waals surface area contributed by atoms with Gasteiger partial charge < -0.3 is 5.32 Å². The molecule has 0 saturated carbocycles. The molecule has 0 aliphatic rings. The van der Waals surface area contributed by atoms with Crippen LogP contribution in [-0.2, 0) is 4.79 Å². The van der Waals surface area contributed by atoms with Crippen molar-refractivity contribution in [3.8, 4) is 6.07 Å². The Morgan fingerprint density at radius 2 is 2.21 bits per heavy atom. The van der Waals surface area contributed by atoms with Crippen molar-refractivity contribution in [1.29, 1.82) is 5.26 Å². The summed E-state index contributed by atoms with van der Waals surface area (Å²) in [5, 5.41) is 12.8. The van der Waals surface area contributed by atoms with Crippen molar-refractivity contribution in [2.24, 2.45) is 0 Å². The summed E-state index contributed by atoms with van der Waals surface area (Å²) >= 11 is 1.37. The molecule has 96 valence electrons. The zero-order valence-electron chi connectivity index (χ0n) is 10.2. The van der Waals surface area contributed by atoms with Crippen LogP contribution in [0.25, 0.3) is 10.9 Å². The lowest BCUT2D eigenvalue weighted by Crippen LogP contribution is -2.25. The van der Waals surface area contributed by atoms with Gasteiger partial charge in [-0.15, -0.1) is 0 Å². The summed E-state index contributed by atoms with van der Waals surface area (Å²) in [7, 11) is 0. The van der Waals surface area contributed by atoms with E-state index in [1.165, 1.54) is 18.1 Å². The average Bonchev–Trinajstić information content (AvgIpc) is 2.45. The second-order valence-corrected chi connectivity index (χ2v) is 4.71. The van der Waals surface area contributed by atoms with Crippen LogP contribution < -0.4 is 5.32 Å². The molecule has 1 N–H and O–H groups in total. The van der Waals surface area contributed by atoms with Crippen molar-refractivity contribution >= 4 is 28.6 Å². The van der Waals surface area contributed by atoms with Gasteiger partial charge in [-0.2, -0.15) is 5.26 Å². The number of hydrogen-bond acceptors (Lipinski definition) is 5. The van der Waals surface area contributed by atoms with Crippen molar-refractivity contribution in [3.05, 3.63) is 30.6 Å². The number of thioether (sulfide) groups is 1. The van der Waals surface area contributed by atoms with Gasteiger partial charge in [0.05, 0.1) is 23.8 Å². The van der Waals surface area contributed by atoms with Crippen LogP contribution in [0.3, 0.4) is 0 Å². The van der Waals surface area contributed by atoms with Crippen molar-refractivity contribution in [2.45, 2.75) is 11.4 Å². The first-order chi connectivity index (χ1) is 9.31. The van der Waals surface area contributed by atoms with Crippen LogP contribution in [0.1, 0.15) is 6.42 Å². The summed E-state index contributed by atoms with van der Waals surface area (Å²) in [5.41, 5.74) is 0.866. The number of nitriles is 1. The third kappa shape index (κ3) is 3.66. The predicted octanol–water partition coefficient (Wildman–Crippen LogP) is 1.75. The zero-order valence-corrected chi connectivity index (χ0v) is 11.0. The Morgan fingerprint density at radius 1 is 1.37 bits per heavy atom. The van der Waals surface area contributed by atoms with Crippen molar-refractivity contribution < 1.29 is 4.79 Å². The summed E-state index contributed by atoms with van der Waals surface area (Å²) in [6.07, 6.45) is 1.82. The molecule has 6 heteroatoms. The highest BCUT2D eigenvalue weighted by atomic mass is 32.2. The number of benzene rings is 1. The van der Waals surface area contributed by atoms with Gasteiger partial charge in [0.25, 0.3) is 0 Å². The summed E-state index contributed by atoms with van der Waals surface area (Å²) in [5.74, 6) is 0.190. The summed E-state index contributed by atoms with van der Waals surface area (Å²) in [6, 6.07) is 9.66. The largest absolute Gasteiger partial charge is 0.354 e. The molecule has 5 nitrogen and oxygen atoms in total. The summed E-state index contributed by atoms with van der Waals surface area (Å²) < 4.78 is 0. The number of rotatable bonds is 5. The minimum Gasteiger partial charge on any atom is -0.354 e. The van der Waals surface area contributed by atoms with E-state index in [2.05, 4.69) is 15.3 Å². The number of para-hydroxylation sites is 1. The maximum atomic E-state index is 11.5. The molecule has 0 saturated heterocycles. The lowest BCUT2D eigenvalue weighted by Gasteiger charge is -2.04. The lowest BCUT2D eigenvalue weighted by atomic mass is 10.2. The molecule has 0 bridgehead atoms. The Kier molecular flexibility index (Phi) is 4.70. The van der Waals surface area contributed by atoms with Crippen molar-refractivity contribution in [1.82, 2.24) is 15.3 Å². The van der Waals surface area contributed by atoms with Gasteiger partial charge in [0, 0.05) is 11.9 Å². The second kappa shape index (κ2) is 6.71. The van der Waals surface area contributed by atoms with Crippen LogP contribution in [0.4, 0.5) is 0 Å². The average molecular weight is 272 g/mol. The Morgan fingerprint density at radius 3 is 3.05 bits per heavy atom. The van der Waals surface area contributed by atoms with E-state index in [-0.39, 0.29) is 11.7 Å². The number of carbonyl (C=O) groups is 1. The Labute approximate surface area is 115 Å². The number of aromatic nitrogens is 2. The first kappa shape index (κ1) is 13.3. The highest BCUT2D eigenvalue weighted by Gasteiger charge is 2.06. The van der Waals surface area contributed by atoms with Gasteiger partial charge in [0.15, 0.2) is 0 Å². The Hall–Kier alpha value is -2.13. The Balaban J connectivity index is 1.98. The molecule has 1 heterocycles. The molecule has 2 rings (SSSR count). The van der Waals surface area contributed by atoms with Gasteiger partial charge in [-0.1, -0.05) is 30.0 Å². The van der Waals surface area contributed by atoms with Gasteiger partial charge in [0.2, 0.25) is 5.91 Å². The van der Waals surface area contributed by atoms with Crippen LogP contribution >= 0.6 is 11.8 Å². The number of fused-ring (bicyclic) bond motifs is 1. The van der Waals surface area contributed by atoms with E-state index in [1.54, 1.807) is 0 Å². The topological polar surface area (TPSA) is 78.7 Å². The van der Waals surface area contributed by atoms with Crippen LogP contribution in [0.5, 0.6) is 0 Å². The number of nitrogens with zero attached hydrogens (tertiary/aromatic N) is 3. The summed E-state index contributed by atoms with van der Waals surface area (Å²) in [6.45, 7) is 0.389. The first-order valence-electron chi connectivity index (χ1n) is 5.77. The molecule has 0 radical (unpaired) electrons. The highest BCUT2D eigenvalue weighted by molar-refractivity contribution is 8.00. The quantitative estimate of drug-likeness (QED) is 0.509. The van der Waals surface area contributed by atoms with Crippen LogP contribution in [0.15, 0.2) is 35.6 Å². The third-order valence-corrected chi connectivity index (χ3v) is 3.41. The first-order valence-corrected chi connectivity index (χ1v) is 6.76. The van der Waals surface area contributed by atoms with E-state index < -0.39 is 0 Å². The maximum Gasteiger partial charge on any atom is 0.230 e. The third-order valence-electron chi connectivity index (χ3n) is 2.41. The minimum absolute atomic E-state index is 0.0945. The molecule has 1 amide bonds. The maximum absolute atomic E-state index is 11.5. The van der Waals surface area contributed by atoms with Gasteiger partial charge in [-0.05, 0) is 6.07 Å². The Bertz CT molecular complexity index is 618. The molecule has 0 aliphatic carbocycles. The zero-order chi connectivity index (χ0) is 13.5. The molecule has 0 spiro atoms. The van der Waals surface area contributed by atoms with E-state index in [0.29, 0.717) is 13.0 Å². The van der Waals surface area contributed by atoms with Gasteiger partial charge >= 0.3 is 0 Å². The SMILES string of the molecule is N#CCCNC(=O)CSc1ncnc2ccccc12. The van der Waals surface area contributed by atoms with Gasteiger partial charge in [-0.3, -0.25) is 4.79 Å². The fourth-order valence-electron chi connectivity index (χ4n) is 1.54. The molecule has 19 heavy (non-hydrogen) atoms. The number of nitrogens with one attached hydrogen (secondary N) is 1. The van der Waals surface area contributed by atoms with Gasteiger partial charge in [0.1, 0.15) is 11.4 Å². The fraction of sp³-hybridized carbons (Fsp3) is 0.231. The minimum atomic E-state index is -0.0945. The standard InChI is InChI=1S/C13H12N4OS/c14-6-3-7-15-12(18)8-19-13-10-4-1-2-5-11(10)16-9-17-13/h1-2,4-5,9H,3,7-8H2,(H,15,18). The van der Waals surface area contributed by atoms with Crippen molar-refractivity contribution in [3.63, 3.8) is 0 Å². The monoisotopic (exact) mass is 272 g/mol. The fourth-order valence-corrected chi connectivity index (χ4v) is 2.36. The van der Waals surface area contributed by atoms with Gasteiger partial charge in [-0.25, -0.2) is 9.97 Å². The number of hydrogen-bond donors (Lipinski definition) is 1. The molecule has 0 fully saturated rings. The smallest absolute Gasteiger partial charge is 0.230 e. The highest BCUT2D eigenvalue weighted by Crippen LogP contribution is 2.23. The van der Waals surface area contributed by atoms with Crippen LogP contribution in [-0.4, -0.2) is 28.2 Å². The van der Waals surface area contributed by atoms with E-state index in [1.807, 2.05) is 30.3 Å². The normalized spacial score (nSPS) is 10.1.